The number of rotatable bonds is 5. The third-order valence-electron chi connectivity index (χ3n) is 1.67. The Morgan fingerprint density at radius 2 is 2.33 bits per heavy atom. The third kappa shape index (κ3) is 2.46. The van der Waals surface area contributed by atoms with Crippen molar-refractivity contribution in [3.63, 3.8) is 0 Å². The van der Waals surface area contributed by atoms with Crippen LogP contribution in [0, 0.1) is 0 Å². The summed E-state index contributed by atoms with van der Waals surface area (Å²) in [6.07, 6.45) is 4.26. The predicted molar refractivity (Wildman–Crippen MR) is 54.6 cm³/mol. The van der Waals surface area contributed by atoms with Crippen LogP contribution in [0.5, 0.6) is 5.88 Å². The van der Waals surface area contributed by atoms with Crippen LogP contribution >= 0.6 is 0 Å². The van der Waals surface area contributed by atoms with Crippen LogP contribution in [0.4, 0.5) is 0 Å². The lowest BCUT2D eigenvalue weighted by atomic mass is 10.3. The standard InChI is InChI=1S/C10H12N2O3/c1-3-5-12-9(13)8(7-11-12)10(14)15-6-4-2/h3-4,7,13H,1-2,5-6H2. The van der Waals surface area contributed by atoms with Crippen molar-refractivity contribution in [1.82, 2.24) is 9.78 Å². The molecule has 5 heteroatoms. The smallest absolute Gasteiger partial charge is 0.345 e. The van der Waals surface area contributed by atoms with Gasteiger partial charge in [0.15, 0.2) is 0 Å². The van der Waals surface area contributed by atoms with Gasteiger partial charge in [-0.05, 0) is 0 Å². The molecule has 1 N–H and O–H groups in total. The minimum atomic E-state index is -0.622. The van der Waals surface area contributed by atoms with E-state index >= 15 is 0 Å². The predicted octanol–water partition coefficient (Wildman–Crippen LogP) is 1.12. The highest BCUT2D eigenvalue weighted by Gasteiger charge is 2.17. The molecule has 0 bridgehead atoms. The van der Waals surface area contributed by atoms with E-state index in [9.17, 15) is 9.90 Å². The van der Waals surface area contributed by atoms with Crippen molar-refractivity contribution >= 4 is 5.97 Å². The highest BCUT2D eigenvalue weighted by atomic mass is 16.5. The van der Waals surface area contributed by atoms with Gasteiger partial charge in [0.25, 0.3) is 0 Å². The van der Waals surface area contributed by atoms with Gasteiger partial charge in [-0.1, -0.05) is 18.7 Å². The van der Waals surface area contributed by atoms with Crippen molar-refractivity contribution in [1.29, 1.82) is 0 Å². The molecule has 1 heterocycles. The molecule has 0 fully saturated rings. The molecule has 0 aliphatic carbocycles. The summed E-state index contributed by atoms with van der Waals surface area (Å²) in [6, 6.07) is 0. The number of aromatic nitrogens is 2. The molecule has 0 aliphatic rings. The Kier molecular flexibility index (Phi) is 3.68. The van der Waals surface area contributed by atoms with Crippen LogP contribution in [0.3, 0.4) is 0 Å². The van der Waals surface area contributed by atoms with Crippen molar-refractivity contribution < 1.29 is 14.6 Å². The summed E-state index contributed by atoms with van der Waals surface area (Å²) in [6.45, 7) is 7.34. The second-order valence-electron chi connectivity index (χ2n) is 2.74. The normalized spacial score (nSPS) is 9.60. The number of aromatic hydroxyl groups is 1. The molecular weight excluding hydrogens is 196 g/mol. The lowest BCUT2D eigenvalue weighted by Gasteiger charge is -2.00. The van der Waals surface area contributed by atoms with Crippen LogP contribution in [0.25, 0.3) is 0 Å². The van der Waals surface area contributed by atoms with E-state index in [0.29, 0.717) is 6.54 Å². The number of allylic oxidation sites excluding steroid dienone is 1. The summed E-state index contributed by atoms with van der Waals surface area (Å²) < 4.78 is 6.00. The maximum Gasteiger partial charge on any atom is 0.345 e. The third-order valence-corrected chi connectivity index (χ3v) is 1.67. The lowest BCUT2D eigenvalue weighted by Crippen LogP contribution is -2.04. The van der Waals surface area contributed by atoms with Gasteiger partial charge >= 0.3 is 5.97 Å². The molecule has 0 aliphatic heterocycles. The van der Waals surface area contributed by atoms with Crippen LogP contribution in [0.1, 0.15) is 10.4 Å². The van der Waals surface area contributed by atoms with E-state index in [1.165, 1.54) is 17.0 Å². The van der Waals surface area contributed by atoms with Crippen molar-refractivity contribution in [3.05, 3.63) is 37.1 Å². The van der Waals surface area contributed by atoms with E-state index < -0.39 is 5.97 Å². The van der Waals surface area contributed by atoms with Gasteiger partial charge in [0.2, 0.25) is 5.88 Å². The van der Waals surface area contributed by atoms with Gasteiger partial charge in [-0.15, -0.1) is 6.58 Å². The van der Waals surface area contributed by atoms with E-state index in [1.807, 2.05) is 0 Å². The summed E-state index contributed by atoms with van der Waals surface area (Å²) in [5.74, 6) is -0.841. The Bertz CT molecular complexity index is 382. The number of esters is 1. The van der Waals surface area contributed by atoms with Crippen molar-refractivity contribution in [2.75, 3.05) is 6.61 Å². The second-order valence-corrected chi connectivity index (χ2v) is 2.74. The van der Waals surface area contributed by atoms with Crippen LogP contribution < -0.4 is 0 Å². The first kappa shape index (κ1) is 11.0. The minimum Gasteiger partial charge on any atom is -0.493 e. The first-order chi connectivity index (χ1) is 7.20. The Hall–Kier alpha value is -2.04. The number of hydrogen-bond acceptors (Lipinski definition) is 4. The molecule has 0 radical (unpaired) electrons. The molecular formula is C10H12N2O3. The first-order valence-corrected chi connectivity index (χ1v) is 4.34. The van der Waals surface area contributed by atoms with Gasteiger partial charge in [-0.3, -0.25) is 0 Å². The highest BCUT2D eigenvalue weighted by molar-refractivity contribution is 5.91. The summed E-state index contributed by atoms with van der Waals surface area (Å²) in [7, 11) is 0. The zero-order valence-electron chi connectivity index (χ0n) is 8.22. The summed E-state index contributed by atoms with van der Waals surface area (Å²) in [5, 5.41) is 13.4. The number of carbonyl (C=O) groups is 1. The largest absolute Gasteiger partial charge is 0.493 e. The average molecular weight is 208 g/mol. The van der Waals surface area contributed by atoms with Crippen molar-refractivity contribution in [2.24, 2.45) is 0 Å². The molecule has 0 spiro atoms. The average Bonchev–Trinajstić information content (AvgIpc) is 2.58. The van der Waals surface area contributed by atoms with E-state index in [0.717, 1.165) is 0 Å². The minimum absolute atomic E-state index is 0.0405. The Morgan fingerprint density at radius 1 is 1.60 bits per heavy atom. The molecule has 15 heavy (non-hydrogen) atoms. The van der Waals surface area contributed by atoms with E-state index in [1.54, 1.807) is 6.08 Å². The van der Waals surface area contributed by atoms with Gasteiger partial charge in [0, 0.05) is 0 Å². The Balaban J connectivity index is 2.81. The summed E-state index contributed by atoms with van der Waals surface area (Å²) in [4.78, 5) is 11.3. The van der Waals surface area contributed by atoms with Gasteiger partial charge in [-0.25, -0.2) is 9.48 Å². The molecule has 5 nitrogen and oxygen atoms in total. The maximum absolute atomic E-state index is 11.3. The molecule has 80 valence electrons. The fourth-order valence-corrected chi connectivity index (χ4v) is 0.991. The van der Waals surface area contributed by atoms with Crippen LogP contribution in [-0.4, -0.2) is 27.5 Å². The van der Waals surface area contributed by atoms with Gasteiger partial charge < -0.3 is 9.84 Å². The molecule has 0 unspecified atom stereocenters. The van der Waals surface area contributed by atoms with Crippen LogP contribution in [-0.2, 0) is 11.3 Å². The van der Waals surface area contributed by atoms with Crippen LogP contribution in [0.2, 0.25) is 0 Å². The lowest BCUT2D eigenvalue weighted by molar-refractivity contribution is 0.0546. The molecule has 0 saturated heterocycles. The van der Waals surface area contributed by atoms with E-state index in [-0.39, 0.29) is 18.1 Å². The zero-order chi connectivity index (χ0) is 11.3. The summed E-state index contributed by atoms with van der Waals surface area (Å²) in [5.41, 5.74) is 0.0405. The molecule has 0 saturated carbocycles. The second kappa shape index (κ2) is 4.99. The van der Waals surface area contributed by atoms with Gasteiger partial charge in [0.1, 0.15) is 12.2 Å². The maximum atomic E-state index is 11.3. The molecule has 0 amide bonds. The number of carbonyl (C=O) groups excluding carboxylic acids is 1. The molecule has 0 atom stereocenters. The number of nitrogens with zero attached hydrogens (tertiary/aromatic N) is 2. The molecule has 1 rings (SSSR count). The zero-order valence-corrected chi connectivity index (χ0v) is 8.22. The molecule has 1 aromatic heterocycles. The number of ether oxygens (including phenoxy) is 1. The van der Waals surface area contributed by atoms with Gasteiger partial charge in [-0.2, -0.15) is 5.10 Å². The number of hydrogen-bond donors (Lipinski definition) is 1. The molecule has 1 aromatic rings. The Morgan fingerprint density at radius 3 is 2.93 bits per heavy atom. The van der Waals surface area contributed by atoms with Crippen LogP contribution in [0.15, 0.2) is 31.5 Å². The SMILES string of the molecule is C=CCOC(=O)c1cnn(CC=C)c1O. The Labute approximate surface area is 87.3 Å². The van der Waals surface area contributed by atoms with Crippen molar-refractivity contribution in [3.8, 4) is 5.88 Å². The highest BCUT2D eigenvalue weighted by Crippen LogP contribution is 2.17. The fraction of sp³-hybridized carbons (Fsp3) is 0.200. The van der Waals surface area contributed by atoms with E-state index in [2.05, 4.69) is 18.3 Å². The monoisotopic (exact) mass is 208 g/mol. The summed E-state index contributed by atoms with van der Waals surface area (Å²) >= 11 is 0. The van der Waals surface area contributed by atoms with Crippen molar-refractivity contribution in [2.45, 2.75) is 6.54 Å². The first-order valence-electron chi connectivity index (χ1n) is 4.34. The topological polar surface area (TPSA) is 64.3 Å². The van der Waals surface area contributed by atoms with E-state index in [4.69, 9.17) is 4.74 Å². The van der Waals surface area contributed by atoms with Gasteiger partial charge in [0.05, 0.1) is 12.7 Å². The molecule has 0 aromatic carbocycles. The quantitative estimate of drug-likeness (QED) is 0.581. The fourth-order valence-electron chi connectivity index (χ4n) is 0.991.